The van der Waals surface area contributed by atoms with Crippen molar-refractivity contribution in [2.75, 3.05) is 0 Å². The van der Waals surface area contributed by atoms with Gasteiger partial charge < -0.3 is 0 Å². The first kappa shape index (κ1) is 16.5. The van der Waals surface area contributed by atoms with Crippen molar-refractivity contribution >= 4 is 0 Å². The van der Waals surface area contributed by atoms with Crippen LogP contribution in [0.5, 0.6) is 0 Å². The highest BCUT2D eigenvalue weighted by molar-refractivity contribution is 5.35. The van der Waals surface area contributed by atoms with E-state index in [1.54, 1.807) is 0 Å². The van der Waals surface area contributed by atoms with E-state index >= 15 is 0 Å². The number of halogens is 1. The molecule has 1 rings (SSSR count). The van der Waals surface area contributed by atoms with E-state index in [9.17, 15) is 4.39 Å². The lowest BCUT2D eigenvalue weighted by molar-refractivity contribution is 0.319. The van der Waals surface area contributed by atoms with Gasteiger partial charge in [-0.1, -0.05) is 47.1 Å². The molecule has 0 saturated heterocycles. The molecule has 0 aliphatic heterocycles. The maximum Gasteiger partial charge on any atom is 0.122 e. The van der Waals surface area contributed by atoms with Gasteiger partial charge in [-0.3, -0.25) is 0 Å². The quantitative estimate of drug-likeness (QED) is 0.509. The van der Waals surface area contributed by atoms with Gasteiger partial charge >= 0.3 is 0 Å². The Morgan fingerprint density at radius 2 is 1.37 bits per heavy atom. The number of rotatable bonds is 6. The van der Waals surface area contributed by atoms with Crippen LogP contribution in [0.3, 0.4) is 0 Å². The van der Waals surface area contributed by atoms with Crippen molar-refractivity contribution in [1.82, 2.24) is 0 Å². The van der Waals surface area contributed by atoms with Crippen LogP contribution in [0.1, 0.15) is 80.1 Å². The number of hydrogen-bond acceptors (Lipinski definition) is 0. The smallest absolute Gasteiger partial charge is 0.122 e. The monoisotopic (exact) mass is 266 g/mol. The van der Waals surface area contributed by atoms with Crippen LogP contribution >= 0.6 is 0 Å². The van der Waals surface area contributed by atoms with Crippen LogP contribution in [0.4, 0.5) is 4.39 Å². The summed E-state index contributed by atoms with van der Waals surface area (Å²) in [6.45, 7) is 13.2. The lowest BCUT2D eigenvalue weighted by Crippen LogP contribution is -2.24. The highest BCUT2D eigenvalue weighted by atomic mass is 19.1. The largest absolute Gasteiger partial charge is 0.207 e. The zero-order chi connectivity index (χ0) is 14.7. The van der Waals surface area contributed by atoms with Gasteiger partial charge in [-0.15, -0.1) is 0 Å². The molecule has 0 amide bonds. The molecular formula is C18H31F. The molecule has 1 aliphatic carbocycles. The lowest BCUT2D eigenvalue weighted by atomic mass is 9.68. The average molecular weight is 266 g/mol. The van der Waals surface area contributed by atoms with Crippen LogP contribution in [0.15, 0.2) is 23.0 Å². The molecule has 0 saturated carbocycles. The molecular weight excluding hydrogens is 235 g/mol. The van der Waals surface area contributed by atoms with E-state index < -0.39 is 0 Å². The Morgan fingerprint density at radius 3 is 1.74 bits per heavy atom. The maximum absolute atomic E-state index is 14.6. The normalized spacial score (nSPS) is 17.7. The first-order chi connectivity index (χ1) is 8.86. The predicted molar refractivity (Wildman–Crippen MR) is 82.8 cm³/mol. The summed E-state index contributed by atoms with van der Waals surface area (Å²) in [5.41, 5.74) is 2.59. The molecule has 19 heavy (non-hydrogen) atoms. The van der Waals surface area contributed by atoms with E-state index in [1.807, 2.05) is 6.08 Å². The minimum Gasteiger partial charge on any atom is -0.207 e. The molecule has 1 aliphatic rings. The van der Waals surface area contributed by atoms with Crippen LogP contribution in [0.2, 0.25) is 0 Å². The molecule has 0 heterocycles. The summed E-state index contributed by atoms with van der Waals surface area (Å²) < 4.78 is 14.6. The van der Waals surface area contributed by atoms with Crippen LogP contribution in [-0.2, 0) is 0 Å². The minimum absolute atomic E-state index is 0.0426. The third-order valence-corrected chi connectivity index (χ3v) is 5.86. The Balaban J connectivity index is 3.13. The van der Waals surface area contributed by atoms with Crippen molar-refractivity contribution in [3.8, 4) is 0 Å². The Labute approximate surface area is 119 Å². The minimum atomic E-state index is 0.0426. The van der Waals surface area contributed by atoms with E-state index in [4.69, 9.17) is 0 Å². The van der Waals surface area contributed by atoms with Crippen molar-refractivity contribution in [2.24, 2.45) is 10.8 Å². The summed E-state index contributed by atoms with van der Waals surface area (Å²) in [5, 5.41) is 0. The Bertz CT molecular complexity index is 365. The second-order valence-corrected chi connectivity index (χ2v) is 6.53. The molecule has 110 valence electrons. The Morgan fingerprint density at radius 1 is 0.895 bits per heavy atom. The standard InChI is InChI=1S/C18H31F/c1-7-17(5,8-2)14-11-12-15(16(19)13-14)18(6,9-3)10-4/h13H,7-12H2,1-6H3. The molecule has 0 radical (unpaired) electrons. The van der Waals surface area contributed by atoms with E-state index in [-0.39, 0.29) is 16.7 Å². The van der Waals surface area contributed by atoms with Gasteiger partial charge in [-0.2, -0.15) is 0 Å². The van der Waals surface area contributed by atoms with Gasteiger partial charge in [-0.05, 0) is 61.0 Å². The first-order valence-electron chi connectivity index (χ1n) is 7.97. The third kappa shape index (κ3) is 3.12. The van der Waals surface area contributed by atoms with Gasteiger partial charge in [0.1, 0.15) is 5.83 Å². The van der Waals surface area contributed by atoms with Crippen molar-refractivity contribution in [3.63, 3.8) is 0 Å². The summed E-state index contributed by atoms with van der Waals surface area (Å²) in [6, 6.07) is 0. The molecule has 0 atom stereocenters. The molecule has 1 heteroatoms. The fourth-order valence-electron chi connectivity index (χ4n) is 3.14. The summed E-state index contributed by atoms with van der Waals surface area (Å²) >= 11 is 0. The molecule has 0 spiro atoms. The van der Waals surface area contributed by atoms with Crippen molar-refractivity contribution in [1.29, 1.82) is 0 Å². The highest BCUT2D eigenvalue weighted by Gasteiger charge is 2.33. The summed E-state index contributed by atoms with van der Waals surface area (Å²) in [4.78, 5) is 0. The fourth-order valence-corrected chi connectivity index (χ4v) is 3.14. The summed E-state index contributed by atoms with van der Waals surface area (Å²) in [5.74, 6) is 0.0561. The van der Waals surface area contributed by atoms with Gasteiger partial charge in [0.2, 0.25) is 0 Å². The topological polar surface area (TPSA) is 0 Å². The molecule has 0 nitrogen and oxygen atoms in total. The summed E-state index contributed by atoms with van der Waals surface area (Å²) in [7, 11) is 0. The van der Waals surface area contributed by atoms with Gasteiger partial charge in [0.05, 0.1) is 0 Å². The van der Waals surface area contributed by atoms with Crippen LogP contribution < -0.4 is 0 Å². The van der Waals surface area contributed by atoms with Gasteiger partial charge in [0.15, 0.2) is 0 Å². The van der Waals surface area contributed by atoms with Crippen molar-refractivity contribution < 1.29 is 4.39 Å². The van der Waals surface area contributed by atoms with E-state index in [2.05, 4.69) is 41.5 Å². The van der Waals surface area contributed by atoms with Gasteiger partial charge in [0, 0.05) is 0 Å². The lowest BCUT2D eigenvalue weighted by Gasteiger charge is -2.37. The SMILES string of the molecule is CCC(C)(CC)C1=CC(F)=C(C(C)(CC)CC)CC1. The van der Waals surface area contributed by atoms with Gasteiger partial charge in [0.25, 0.3) is 0 Å². The van der Waals surface area contributed by atoms with E-state index in [1.165, 1.54) is 5.57 Å². The summed E-state index contributed by atoms with van der Waals surface area (Å²) in [6.07, 6.45) is 8.04. The molecule has 0 aromatic heterocycles. The van der Waals surface area contributed by atoms with Crippen LogP contribution in [0.25, 0.3) is 0 Å². The second kappa shape index (κ2) is 6.24. The molecule has 0 unspecified atom stereocenters. The average Bonchev–Trinajstić information content (AvgIpc) is 2.45. The van der Waals surface area contributed by atoms with E-state index in [0.717, 1.165) is 44.1 Å². The maximum atomic E-state index is 14.6. The predicted octanol–water partition coefficient (Wildman–Crippen LogP) is 6.58. The molecule has 0 fully saturated rings. The molecule has 0 N–H and O–H groups in total. The van der Waals surface area contributed by atoms with Crippen molar-refractivity contribution in [3.05, 3.63) is 23.0 Å². The van der Waals surface area contributed by atoms with Crippen LogP contribution in [-0.4, -0.2) is 0 Å². The molecule has 0 bridgehead atoms. The Hall–Kier alpha value is -0.590. The highest BCUT2D eigenvalue weighted by Crippen LogP contribution is 2.47. The fraction of sp³-hybridized carbons (Fsp3) is 0.778. The van der Waals surface area contributed by atoms with Gasteiger partial charge in [-0.25, -0.2) is 4.39 Å². The second-order valence-electron chi connectivity index (χ2n) is 6.53. The van der Waals surface area contributed by atoms with E-state index in [0.29, 0.717) is 0 Å². The third-order valence-electron chi connectivity index (χ3n) is 5.86. The zero-order valence-electron chi connectivity index (χ0n) is 13.7. The van der Waals surface area contributed by atoms with Crippen molar-refractivity contribution in [2.45, 2.75) is 80.1 Å². The molecule has 0 aromatic carbocycles. The first-order valence-corrected chi connectivity index (χ1v) is 7.97. The zero-order valence-corrected chi connectivity index (χ0v) is 13.7. The molecule has 0 aromatic rings. The van der Waals surface area contributed by atoms with Crippen LogP contribution in [0, 0.1) is 10.8 Å². The number of hydrogen-bond donors (Lipinski definition) is 0. The Kier molecular flexibility index (Phi) is 5.41. The number of allylic oxidation sites excluding steroid dienone is 4.